The Bertz CT molecular complexity index is 1590. The van der Waals surface area contributed by atoms with Gasteiger partial charge in [-0.2, -0.15) is 13.2 Å². The van der Waals surface area contributed by atoms with Crippen LogP contribution in [-0.4, -0.2) is 48.0 Å². The predicted molar refractivity (Wildman–Crippen MR) is 118 cm³/mol. The number of rotatable bonds is 4. The molecule has 0 radical (unpaired) electrons. The highest BCUT2D eigenvalue weighted by atomic mass is 19.4. The number of carbonyl (C=O) groups is 1. The third-order valence-electron chi connectivity index (χ3n) is 5.95. The number of nitrogens with zero attached hydrogens (tertiary/aromatic N) is 6. The Kier molecular flexibility index (Phi) is 4.55. The zero-order valence-electron chi connectivity index (χ0n) is 21.2. The van der Waals surface area contributed by atoms with Crippen molar-refractivity contribution < 1.29 is 26.8 Å². The molecule has 0 spiro atoms. The Hall–Kier alpha value is -4.10. The number of aromatic nitrogens is 6. The first-order chi connectivity index (χ1) is 17.9. The van der Waals surface area contributed by atoms with Crippen molar-refractivity contribution in [3.63, 3.8) is 0 Å². The van der Waals surface area contributed by atoms with Crippen LogP contribution in [0.4, 0.5) is 29.6 Å². The van der Waals surface area contributed by atoms with E-state index in [0.717, 1.165) is 0 Å². The fourth-order valence-corrected chi connectivity index (χ4v) is 4.35. The molecule has 2 atom stereocenters. The number of aryl methyl sites for hydroxylation is 1. The van der Waals surface area contributed by atoms with E-state index in [1.54, 1.807) is 0 Å². The molecule has 1 amide bonds. The molecular formula is C21H21F3N8O3. The lowest BCUT2D eigenvalue weighted by molar-refractivity contribution is -0.142. The summed E-state index contributed by atoms with van der Waals surface area (Å²) >= 11 is 0. The molecule has 0 aromatic carbocycles. The van der Waals surface area contributed by atoms with Gasteiger partial charge in [-0.05, 0) is 31.4 Å². The fourth-order valence-electron chi connectivity index (χ4n) is 4.35. The maximum absolute atomic E-state index is 13.3. The van der Waals surface area contributed by atoms with Crippen LogP contribution in [0.25, 0.3) is 16.7 Å². The number of anilines is 2. The number of ether oxygens (including phenoxy) is 1. The van der Waals surface area contributed by atoms with Crippen molar-refractivity contribution in [1.29, 1.82) is 0 Å². The van der Waals surface area contributed by atoms with Gasteiger partial charge in [0.25, 0.3) is 0 Å². The molecule has 4 aromatic heterocycles. The predicted octanol–water partition coefficient (Wildman–Crippen LogP) is 2.99. The molecule has 1 aliphatic carbocycles. The molecule has 35 heavy (non-hydrogen) atoms. The highest BCUT2D eigenvalue weighted by Crippen LogP contribution is 2.33. The minimum absolute atomic E-state index is 0.00812. The number of imidazole rings is 2. The lowest BCUT2D eigenvalue weighted by Gasteiger charge is -2.14. The number of amides is 1. The van der Waals surface area contributed by atoms with Gasteiger partial charge in [0, 0.05) is 29.2 Å². The van der Waals surface area contributed by atoms with Gasteiger partial charge in [0.2, 0.25) is 0 Å². The summed E-state index contributed by atoms with van der Waals surface area (Å²) in [5.74, 6) is 0.136. The van der Waals surface area contributed by atoms with Gasteiger partial charge in [-0.15, -0.1) is 5.10 Å². The summed E-state index contributed by atoms with van der Waals surface area (Å²) in [5.41, 5.74) is -1.52. The summed E-state index contributed by atoms with van der Waals surface area (Å²) in [4.78, 5) is 32.8. The second-order valence-electron chi connectivity index (χ2n) is 8.10. The molecule has 11 nitrogen and oxygen atoms in total. The number of alkyl carbamates (subject to hydrolysis) is 1. The standard InChI is InChI=1S/C21H21F3N8O3/c1-30-14-9-25-17(28-16-5-6-18-26-10-15(21(22,23)24)32(18)29-16)8-13(14)31(20(30)34)12-4-3-11(7-12)27-19(33)35-2/h5-6,8-12H,3-4,7H2,1-2H3,(H,27,33)(H,25,28,29)/t11-,12-/m1/s1/i1D3. The van der Waals surface area contributed by atoms with Gasteiger partial charge < -0.3 is 15.4 Å². The SMILES string of the molecule is [2H]C([2H])([2H])n1c(=O)n([C@@H]2CC[C@@H](NC(=O)OC)C2)c2cc(Nc3ccc4ncc(C(F)(F)F)n4n3)ncc21. The topological polar surface area (TPSA) is 120 Å². The number of nitrogens with one attached hydrogen (secondary N) is 2. The third kappa shape index (κ3) is 4.04. The first-order valence-electron chi connectivity index (χ1n) is 12.0. The van der Waals surface area contributed by atoms with E-state index in [1.807, 2.05) is 0 Å². The van der Waals surface area contributed by atoms with Crippen LogP contribution >= 0.6 is 0 Å². The van der Waals surface area contributed by atoms with E-state index in [4.69, 9.17) is 4.11 Å². The monoisotopic (exact) mass is 493 g/mol. The quantitative estimate of drug-likeness (QED) is 0.448. The van der Waals surface area contributed by atoms with Gasteiger partial charge in [-0.3, -0.25) is 9.13 Å². The van der Waals surface area contributed by atoms with E-state index >= 15 is 0 Å². The molecule has 2 N–H and O–H groups in total. The third-order valence-corrected chi connectivity index (χ3v) is 5.95. The molecule has 14 heteroatoms. The number of halogens is 3. The van der Waals surface area contributed by atoms with Crippen molar-refractivity contribution in [2.45, 2.75) is 37.5 Å². The molecule has 1 aliphatic rings. The second kappa shape index (κ2) is 8.29. The summed E-state index contributed by atoms with van der Waals surface area (Å²) in [6, 6.07) is 3.48. The van der Waals surface area contributed by atoms with E-state index in [0.29, 0.717) is 34.5 Å². The van der Waals surface area contributed by atoms with Gasteiger partial charge in [-0.1, -0.05) is 0 Å². The molecule has 1 saturated carbocycles. The van der Waals surface area contributed by atoms with Crippen molar-refractivity contribution in [2.75, 3.05) is 12.4 Å². The average Bonchev–Trinajstić information content (AvgIpc) is 3.53. The summed E-state index contributed by atoms with van der Waals surface area (Å²) in [6.45, 7) is -2.79. The van der Waals surface area contributed by atoms with E-state index in [1.165, 1.54) is 36.1 Å². The highest BCUT2D eigenvalue weighted by molar-refractivity contribution is 5.79. The normalized spacial score (nSPS) is 19.9. The molecule has 1 fully saturated rings. The molecule has 0 saturated heterocycles. The minimum Gasteiger partial charge on any atom is -0.453 e. The van der Waals surface area contributed by atoms with Crippen LogP contribution in [0.5, 0.6) is 0 Å². The van der Waals surface area contributed by atoms with Gasteiger partial charge >= 0.3 is 18.0 Å². The zero-order valence-corrected chi connectivity index (χ0v) is 18.2. The van der Waals surface area contributed by atoms with Gasteiger partial charge in [-0.25, -0.2) is 24.1 Å². The number of hydrogen-bond acceptors (Lipinski definition) is 7. The van der Waals surface area contributed by atoms with Crippen molar-refractivity contribution in [3.05, 3.63) is 46.8 Å². The number of methoxy groups -OCH3 is 1. The van der Waals surface area contributed by atoms with Gasteiger partial charge in [0.1, 0.15) is 5.82 Å². The van der Waals surface area contributed by atoms with Crippen molar-refractivity contribution in [3.8, 4) is 0 Å². The Balaban J connectivity index is 1.54. The largest absolute Gasteiger partial charge is 0.453 e. The van der Waals surface area contributed by atoms with Crippen LogP contribution in [0.3, 0.4) is 0 Å². The van der Waals surface area contributed by atoms with E-state index in [-0.39, 0.29) is 34.4 Å². The first-order valence-corrected chi connectivity index (χ1v) is 10.5. The second-order valence-corrected chi connectivity index (χ2v) is 8.10. The highest BCUT2D eigenvalue weighted by Gasteiger charge is 2.35. The van der Waals surface area contributed by atoms with Crippen LogP contribution in [-0.2, 0) is 17.9 Å². The Morgan fingerprint density at radius 1 is 1.20 bits per heavy atom. The first kappa shape index (κ1) is 19.2. The molecule has 4 aromatic rings. The van der Waals surface area contributed by atoms with Crippen LogP contribution in [0.1, 0.15) is 35.1 Å². The molecular weight excluding hydrogens is 469 g/mol. The van der Waals surface area contributed by atoms with Crippen molar-refractivity contribution >= 4 is 34.4 Å². The Morgan fingerprint density at radius 2 is 2.03 bits per heavy atom. The minimum atomic E-state index is -4.67. The summed E-state index contributed by atoms with van der Waals surface area (Å²) in [7, 11) is 1.24. The summed E-state index contributed by atoms with van der Waals surface area (Å²) in [6.07, 6.45) is -2.01. The van der Waals surface area contributed by atoms with Crippen LogP contribution in [0, 0.1) is 0 Å². The number of pyridine rings is 1. The van der Waals surface area contributed by atoms with Crippen LogP contribution in [0.2, 0.25) is 0 Å². The van der Waals surface area contributed by atoms with Gasteiger partial charge in [0.05, 0.1) is 30.5 Å². The number of alkyl halides is 3. The molecule has 0 aliphatic heterocycles. The van der Waals surface area contributed by atoms with Crippen molar-refractivity contribution in [1.82, 2.24) is 34.0 Å². The lowest BCUT2D eigenvalue weighted by Crippen LogP contribution is -2.33. The molecule has 0 unspecified atom stereocenters. The van der Waals surface area contributed by atoms with E-state index < -0.39 is 36.7 Å². The van der Waals surface area contributed by atoms with Gasteiger partial charge in [0.15, 0.2) is 17.2 Å². The average molecular weight is 493 g/mol. The molecule has 0 bridgehead atoms. The summed E-state index contributed by atoms with van der Waals surface area (Å²) in [5, 5.41) is 9.45. The van der Waals surface area contributed by atoms with Crippen LogP contribution in [0.15, 0.2) is 35.4 Å². The smallest absolute Gasteiger partial charge is 0.435 e. The van der Waals surface area contributed by atoms with E-state index in [9.17, 15) is 22.8 Å². The summed E-state index contributed by atoms with van der Waals surface area (Å²) < 4.78 is 70.7. The van der Waals surface area contributed by atoms with Crippen LogP contribution < -0.4 is 16.3 Å². The van der Waals surface area contributed by atoms with Crippen molar-refractivity contribution in [2.24, 2.45) is 6.98 Å². The maximum Gasteiger partial charge on any atom is 0.435 e. The Morgan fingerprint density at radius 3 is 2.77 bits per heavy atom. The fraction of sp³-hybridized carbons (Fsp3) is 0.381. The molecule has 184 valence electrons. The Labute approximate surface area is 199 Å². The number of carbonyl (C=O) groups excluding carboxylic acids is 1. The number of fused-ring (bicyclic) bond motifs is 2. The lowest BCUT2D eigenvalue weighted by atomic mass is 10.2. The molecule has 4 heterocycles. The van der Waals surface area contributed by atoms with E-state index in [2.05, 4.69) is 30.4 Å². The molecule has 5 rings (SSSR count). The maximum atomic E-state index is 13.3. The number of hydrogen-bond donors (Lipinski definition) is 2. The zero-order chi connectivity index (χ0) is 27.4.